The first-order valence-corrected chi connectivity index (χ1v) is 6.56. The highest BCUT2D eigenvalue weighted by Crippen LogP contribution is 2.53. The summed E-state index contributed by atoms with van der Waals surface area (Å²) in [6.07, 6.45) is 2.72. The highest BCUT2D eigenvalue weighted by molar-refractivity contribution is 7.76. The molecule has 0 spiro atoms. The molecule has 0 saturated carbocycles. The second kappa shape index (κ2) is 4.57. The van der Waals surface area contributed by atoms with E-state index in [1.54, 1.807) is 0 Å². The van der Waals surface area contributed by atoms with Crippen molar-refractivity contribution in [3.8, 4) is 0 Å². The summed E-state index contributed by atoms with van der Waals surface area (Å²) in [5.74, 6) is 0. The molecular formula is C12H23OP. The lowest BCUT2D eigenvalue weighted by Gasteiger charge is -2.33. The Balaban J connectivity index is 4.85. The van der Waals surface area contributed by atoms with Crippen LogP contribution in [0.25, 0.3) is 0 Å². The average Bonchev–Trinajstić information content (AvgIpc) is 1.94. The van der Waals surface area contributed by atoms with Crippen LogP contribution in [0.2, 0.25) is 0 Å². The molecule has 1 atom stereocenters. The van der Waals surface area contributed by atoms with Gasteiger partial charge in [-0.15, -0.1) is 6.58 Å². The van der Waals surface area contributed by atoms with Gasteiger partial charge in [-0.1, -0.05) is 47.6 Å². The molecule has 0 radical (unpaired) electrons. The van der Waals surface area contributed by atoms with Crippen LogP contribution >= 0.6 is 7.92 Å². The summed E-state index contributed by atoms with van der Waals surface area (Å²) in [6.45, 7) is 16.2. The molecule has 0 aliphatic heterocycles. The Labute approximate surface area is 89.7 Å². The fourth-order valence-corrected chi connectivity index (χ4v) is 3.59. The molecule has 0 aromatic carbocycles. The summed E-state index contributed by atoms with van der Waals surface area (Å²) in [4.78, 5) is 12.2. The molecule has 0 aromatic rings. The monoisotopic (exact) mass is 214 g/mol. The third-order valence-corrected chi connectivity index (χ3v) is 5.41. The molecule has 0 amide bonds. The lowest BCUT2D eigenvalue weighted by molar-refractivity contribution is -0.118. The van der Waals surface area contributed by atoms with Gasteiger partial charge in [0.2, 0.25) is 0 Å². The van der Waals surface area contributed by atoms with E-state index in [1.807, 2.05) is 26.8 Å². The highest BCUT2D eigenvalue weighted by Gasteiger charge is 2.35. The number of carbonyl (C=O) groups excluding carboxylic acids is 1. The van der Waals surface area contributed by atoms with Crippen LogP contribution in [-0.2, 0) is 4.79 Å². The van der Waals surface area contributed by atoms with E-state index in [2.05, 4.69) is 27.4 Å². The van der Waals surface area contributed by atoms with Gasteiger partial charge in [0.25, 0.3) is 0 Å². The molecule has 0 aliphatic carbocycles. The zero-order chi connectivity index (χ0) is 11.6. The molecular weight excluding hydrogens is 191 g/mol. The Kier molecular flexibility index (Phi) is 4.52. The normalized spacial score (nSPS) is 15.0. The molecule has 0 saturated heterocycles. The second-order valence-electron chi connectivity index (χ2n) is 5.63. The standard InChI is InChI=1S/C12H23OP/c1-8-9-14(12(5,6)7)10(13)11(2,3)4/h8H,1,9H2,2-7H3. The Morgan fingerprint density at radius 3 is 1.86 bits per heavy atom. The van der Waals surface area contributed by atoms with Gasteiger partial charge in [-0.05, 0) is 19.2 Å². The number of hydrogen-bond donors (Lipinski definition) is 0. The molecule has 14 heavy (non-hydrogen) atoms. The quantitative estimate of drug-likeness (QED) is 0.512. The molecule has 2 heteroatoms. The van der Waals surface area contributed by atoms with Crippen LogP contribution in [0.15, 0.2) is 12.7 Å². The molecule has 1 unspecified atom stereocenters. The van der Waals surface area contributed by atoms with Crippen molar-refractivity contribution in [1.29, 1.82) is 0 Å². The fourth-order valence-electron chi connectivity index (χ4n) is 1.20. The topological polar surface area (TPSA) is 17.1 Å². The van der Waals surface area contributed by atoms with Gasteiger partial charge in [0.15, 0.2) is 5.52 Å². The first kappa shape index (κ1) is 13.8. The maximum atomic E-state index is 12.2. The molecule has 0 N–H and O–H groups in total. The average molecular weight is 214 g/mol. The zero-order valence-electron chi connectivity index (χ0n) is 10.3. The first-order chi connectivity index (χ1) is 6.10. The van der Waals surface area contributed by atoms with Crippen molar-refractivity contribution < 1.29 is 4.79 Å². The minimum absolute atomic E-state index is 0.0912. The number of rotatable bonds is 3. The predicted octanol–water partition coefficient (Wildman–Crippen LogP) is 4.03. The highest BCUT2D eigenvalue weighted by atomic mass is 31.1. The SMILES string of the molecule is C=CCP(C(=O)C(C)(C)C)C(C)(C)C. The van der Waals surface area contributed by atoms with Gasteiger partial charge in [0.05, 0.1) is 0 Å². The summed E-state index contributed by atoms with van der Waals surface area (Å²) in [5.41, 5.74) is 0.182. The van der Waals surface area contributed by atoms with Gasteiger partial charge in [0.1, 0.15) is 0 Å². The summed E-state index contributed by atoms with van der Waals surface area (Å²) < 4.78 is 0. The van der Waals surface area contributed by atoms with E-state index in [0.717, 1.165) is 6.16 Å². The Morgan fingerprint density at radius 1 is 1.21 bits per heavy atom. The van der Waals surface area contributed by atoms with E-state index in [1.165, 1.54) is 0 Å². The van der Waals surface area contributed by atoms with Crippen molar-refractivity contribution in [2.24, 2.45) is 5.41 Å². The maximum absolute atomic E-state index is 12.2. The van der Waals surface area contributed by atoms with E-state index in [-0.39, 0.29) is 10.6 Å². The van der Waals surface area contributed by atoms with Gasteiger partial charge in [-0.25, -0.2) is 0 Å². The van der Waals surface area contributed by atoms with Gasteiger partial charge >= 0.3 is 0 Å². The molecule has 0 aromatic heterocycles. The number of allylic oxidation sites excluding steroid dienone is 1. The van der Waals surface area contributed by atoms with Crippen molar-refractivity contribution in [1.82, 2.24) is 0 Å². The summed E-state index contributed by atoms with van der Waals surface area (Å²) in [7, 11) is -0.608. The van der Waals surface area contributed by atoms with Gasteiger partial charge in [-0.2, -0.15) is 0 Å². The van der Waals surface area contributed by atoms with Gasteiger partial charge in [-0.3, -0.25) is 4.79 Å². The van der Waals surface area contributed by atoms with E-state index < -0.39 is 7.92 Å². The van der Waals surface area contributed by atoms with Crippen LogP contribution in [0.5, 0.6) is 0 Å². The molecule has 0 fully saturated rings. The summed E-state index contributed by atoms with van der Waals surface area (Å²) in [5, 5.41) is 0.0912. The van der Waals surface area contributed by atoms with Crippen LogP contribution in [0.1, 0.15) is 41.5 Å². The van der Waals surface area contributed by atoms with Crippen molar-refractivity contribution in [2.75, 3.05) is 6.16 Å². The van der Waals surface area contributed by atoms with Crippen molar-refractivity contribution in [3.63, 3.8) is 0 Å². The predicted molar refractivity (Wildman–Crippen MR) is 66.2 cm³/mol. The minimum Gasteiger partial charge on any atom is -0.294 e. The van der Waals surface area contributed by atoms with E-state index in [4.69, 9.17) is 0 Å². The van der Waals surface area contributed by atoms with Crippen LogP contribution in [0, 0.1) is 5.41 Å². The summed E-state index contributed by atoms with van der Waals surface area (Å²) >= 11 is 0. The van der Waals surface area contributed by atoms with Crippen molar-refractivity contribution in [2.45, 2.75) is 46.7 Å². The Hall–Kier alpha value is -0.160. The van der Waals surface area contributed by atoms with Crippen molar-refractivity contribution >= 4 is 13.4 Å². The molecule has 1 nitrogen and oxygen atoms in total. The molecule has 0 rings (SSSR count). The smallest absolute Gasteiger partial charge is 0.160 e. The molecule has 82 valence electrons. The van der Waals surface area contributed by atoms with Crippen LogP contribution in [0.4, 0.5) is 0 Å². The lowest BCUT2D eigenvalue weighted by atomic mass is 9.99. The van der Waals surface area contributed by atoms with Crippen LogP contribution in [0.3, 0.4) is 0 Å². The zero-order valence-corrected chi connectivity index (χ0v) is 11.2. The van der Waals surface area contributed by atoms with E-state index in [0.29, 0.717) is 5.52 Å². The fraction of sp³-hybridized carbons (Fsp3) is 0.750. The summed E-state index contributed by atoms with van der Waals surface area (Å²) in [6, 6.07) is 0. The van der Waals surface area contributed by atoms with Gasteiger partial charge < -0.3 is 0 Å². The largest absolute Gasteiger partial charge is 0.294 e. The third kappa shape index (κ3) is 3.92. The van der Waals surface area contributed by atoms with Crippen molar-refractivity contribution in [3.05, 3.63) is 12.7 Å². The van der Waals surface area contributed by atoms with Crippen LogP contribution < -0.4 is 0 Å². The van der Waals surface area contributed by atoms with E-state index >= 15 is 0 Å². The van der Waals surface area contributed by atoms with E-state index in [9.17, 15) is 4.79 Å². The first-order valence-electron chi connectivity index (χ1n) is 5.03. The maximum Gasteiger partial charge on any atom is 0.160 e. The molecule has 0 bridgehead atoms. The third-order valence-electron chi connectivity index (χ3n) is 2.01. The Bertz CT molecular complexity index is 217. The molecule has 0 heterocycles. The number of carbonyl (C=O) groups is 1. The van der Waals surface area contributed by atoms with Gasteiger partial charge in [0, 0.05) is 5.41 Å². The number of hydrogen-bond acceptors (Lipinski definition) is 1. The lowest BCUT2D eigenvalue weighted by Crippen LogP contribution is -2.27. The van der Waals surface area contributed by atoms with Crippen LogP contribution in [-0.4, -0.2) is 16.8 Å². The minimum atomic E-state index is -0.608. The Morgan fingerprint density at radius 2 is 1.64 bits per heavy atom. The molecule has 0 aliphatic rings. The second-order valence-corrected chi connectivity index (χ2v) is 8.59.